The minimum Gasteiger partial charge on any atom is -0.497 e. The maximum absolute atomic E-state index is 12.8. The highest BCUT2D eigenvalue weighted by Gasteiger charge is 2.33. The second kappa shape index (κ2) is 7.24. The number of sulfonamides is 1. The molecule has 1 aromatic rings. The third-order valence-corrected chi connectivity index (χ3v) is 5.75. The molecule has 1 heterocycles. The van der Waals surface area contributed by atoms with Crippen molar-refractivity contribution < 1.29 is 22.8 Å². The first-order valence-corrected chi connectivity index (χ1v) is 8.78. The molecule has 128 valence electrons. The molecule has 0 aromatic heterocycles. The van der Waals surface area contributed by atoms with E-state index in [2.05, 4.69) is 0 Å². The van der Waals surface area contributed by atoms with Gasteiger partial charge in [0.1, 0.15) is 5.75 Å². The average Bonchev–Trinajstić information content (AvgIpc) is 3.04. The monoisotopic (exact) mass is 344 g/mol. The Morgan fingerprint density at radius 2 is 2.22 bits per heavy atom. The summed E-state index contributed by atoms with van der Waals surface area (Å²) < 4.78 is 37.2. The van der Waals surface area contributed by atoms with Crippen LogP contribution in [0.25, 0.3) is 0 Å². The van der Waals surface area contributed by atoms with Crippen LogP contribution in [-0.4, -0.2) is 50.6 Å². The third kappa shape index (κ3) is 3.80. The summed E-state index contributed by atoms with van der Waals surface area (Å²) in [5, 5.41) is 11.2. The fourth-order valence-corrected chi connectivity index (χ4v) is 4.16. The van der Waals surface area contributed by atoms with Crippen LogP contribution < -0.4 is 4.74 Å². The number of hydrogen-bond donors (Lipinski definition) is 0. The van der Waals surface area contributed by atoms with E-state index in [9.17, 15) is 18.5 Å². The van der Waals surface area contributed by atoms with Gasteiger partial charge in [-0.15, -0.1) is 0 Å². The van der Waals surface area contributed by atoms with E-state index in [1.165, 1.54) is 23.5 Å². The Balaban J connectivity index is 2.38. The SMILES string of the molecule is CCN(C[C@@H]1CCCO1)S(=O)(=O)c1ccc(OC)cc1[N+](=O)[O-]. The molecular formula is C14H20N2O6S. The molecule has 0 unspecified atom stereocenters. The van der Waals surface area contributed by atoms with Crippen LogP contribution in [0.15, 0.2) is 23.1 Å². The van der Waals surface area contributed by atoms with E-state index < -0.39 is 20.6 Å². The van der Waals surface area contributed by atoms with Crippen LogP contribution in [0.2, 0.25) is 0 Å². The minimum absolute atomic E-state index is 0.165. The van der Waals surface area contributed by atoms with Crippen molar-refractivity contribution in [2.24, 2.45) is 0 Å². The van der Waals surface area contributed by atoms with E-state index in [1.54, 1.807) is 6.92 Å². The van der Waals surface area contributed by atoms with Gasteiger partial charge >= 0.3 is 0 Å². The summed E-state index contributed by atoms with van der Waals surface area (Å²) >= 11 is 0. The molecule has 0 amide bonds. The smallest absolute Gasteiger partial charge is 0.293 e. The van der Waals surface area contributed by atoms with Gasteiger partial charge in [0.25, 0.3) is 5.69 Å². The van der Waals surface area contributed by atoms with Gasteiger partial charge in [-0.05, 0) is 25.0 Å². The summed E-state index contributed by atoms with van der Waals surface area (Å²) in [6.45, 7) is 2.72. The highest BCUT2D eigenvalue weighted by Crippen LogP contribution is 2.31. The predicted molar refractivity (Wildman–Crippen MR) is 83.1 cm³/mol. The van der Waals surface area contributed by atoms with E-state index >= 15 is 0 Å². The zero-order valence-electron chi connectivity index (χ0n) is 13.1. The van der Waals surface area contributed by atoms with Crippen molar-refractivity contribution in [3.8, 4) is 5.75 Å². The van der Waals surface area contributed by atoms with E-state index in [1.807, 2.05) is 0 Å². The second-order valence-corrected chi connectivity index (χ2v) is 7.09. The lowest BCUT2D eigenvalue weighted by atomic mass is 10.2. The molecule has 1 saturated heterocycles. The Morgan fingerprint density at radius 3 is 2.74 bits per heavy atom. The van der Waals surface area contributed by atoms with Crippen molar-refractivity contribution >= 4 is 15.7 Å². The Kier molecular flexibility index (Phi) is 5.55. The molecule has 8 nitrogen and oxygen atoms in total. The van der Waals surface area contributed by atoms with Crippen molar-refractivity contribution in [1.82, 2.24) is 4.31 Å². The van der Waals surface area contributed by atoms with Crippen LogP contribution in [0.1, 0.15) is 19.8 Å². The van der Waals surface area contributed by atoms with Crippen LogP contribution in [0.4, 0.5) is 5.69 Å². The summed E-state index contributed by atoms with van der Waals surface area (Å²) in [5.74, 6) is 0.234. The molecular weight excluding hydrogens is 324 g/mol. The van der Waals surface area contributed by atoms with Gasteiger partial charge in [-0.1, -0.05) is 6.92 Å². The number of nitrogens with zero attached hydrogens (tertiary/aromatic N) is 2. The number of hydrogen-bond acceptors (Lipinski definition) is 6. The number of nitro groups is 1. The molecule has 1 aliphatic rings. The Bertz CT molecular complexity index is 670. The molecule has 23 heavy (non-hydrogen) atoms. The molecule has 0 bridgehead atoms. The molecule has 0 radical (unpaired) electrons. The highest BCUT2D eigenvalue weighted by atomic mass is 32.2. The topological polar surface area (TPSA) is 99.0 Å². The number of ether oxygens (including phenoxy) is 2. The zero-order chi connectivity index (χ0) is 17.0. The largest absolute Gasteiger partial charge is 0.497 e. The summed E-state index contributed by atoms with van der Waals surface area (Å²) in [6.07, 6.45) is 1.52. The van der Waals surface area contributed by atoms with Crippen LogP contribution >= 0.6 is 0 Å². The van der Waals surface area contributed by atoms with Gasteiger partial charge in [0.05, 0.1) is 24.2 Å². The summed E-state index contributed by atoms with van der Waals surface area (Å²) in [4.78, 5) is 10.2. The molecule has 0 saturated carbocycles. The van der Waals surface area contributed by atoms with E-state index in [0.717, 1.165) is 18.9 Å². The number of methoxy groups -OCH3 is 1. The van der Waals surface area contributed by atoms with E-state index in [-0.39, 0.29) is 29.8 Å². The Hall–Kier alpha value is -1.71. The number of rotatable bonds is 7. The summed E-state index contributed by atoms with van der Waals surface area (Å²) in [5.41, 5.74) is -0.491. The van der Waals surface area contributed by atoms with Crippen LogP contribution in [0.3, 0.4) is 0 Å². The van der Waals surface area contributed by atoms with Gasteiger partial charge in [0.15, 0.2) is 4.90 Å². The lowest BCUT2D eigenvalue weighted by molar-refractivity contribution is -0.387. The lowest BCUT2D eigenvalue weighted by Gasteiger charge is -2.23. The van der Waals surface area contributed by atoms with Crippen molar-refractivity contribution in [3.05, 3.63) is 28.3 Å². The van der Waals surface area contributed by atoms with Crippen molar-refractivity contribution in [1.29, 1.82) is 0 Å². The lowest BCUT2D eigenvalue weighted by Crippen LogP contribution is -2.37. The van der Waals surface area contributed by atoms with Gasteiger partial charge in [-0.25, -0.2) is 8.42 Å². The Morgan fingerprint density at radius 1 is 1.48 bits per heavy atom. The third-order valence-electron chi connectivity index (χ3n) is 3.76. The maximum atomic E-state index is 12.8. The standard InChI is InChI=1S/C14H20N2O6S/c1-3-15(10-12-5-4-8-22-12)23(19,20)14-7-6-11(21-2)9-13(14)16(17)18/h6-7,9,12H,3-5,8,10H2,1-2H3/t12-/m0/s1. The quantitative estimate of drug-likeness (QED) is 0.552. The van der Waals surface area contributed by atoms with Crippen LogP contribution in [0, 0.1) is 10.1 Å². The van der Waals surface area contributed by atoms with Gasteiger partial charge in [-0.2, -0.15) is 4.31 Å². The van der Waals surface area contributed by atoms with E-state index in [4.69, 9.17) is 9.47 Å². The van der Waals surface area contributed by atoms with E-state index in [0.29, 0.717) is 6.61 Å². The fraction of sp³-hybridized carbons (Fsp3) is 0.571. The number of likely N-dealkylation sites (N-methyl/N-ethyl adjacent to an activating group) is 1. The average molecular weight is 344 g/mol. The molecule has 1 aliphatic heterocycles. The molecule has 1 fully saturated rings. The second-order valence-electron chi connectivity index (χ2n) is 5.18. The van der Waals surface area contributed by atoms with Gasteiger partial charge in [0, 0.05) is 19.7 Å². The predicted octanol–water partition coefficient (Wildman–Crippen LogP) is 1.79. The van der Waals surface area contributed by atoms with Gasteiger partial charge in [-0.3, -0.25) is 10.1 Å². The highest BCUT2D eigenvalue weighted by molar-refractivity contribution is 7.89. The molecule has 1 aromatic carbocycles. The molecule has 9 heteroatoms. The Labute approximate surface area is 135 Å². The van der Waals surface area contributed by atoms with Crippen molar-refractivity contribution in [2.45, 2.75) is 30.8 Å². The number of benzene rings is 1. The van der Waals surface area contributed by atoms with Crippen LogP contribution in [-0.2, 0) is 14.8 Å². The van der Waals surface area contributed by atoms with Crippen molar-refractivity contribution in [2.75, 3.05) is 26.8 Å². The van der Waals surface area contributed by atoms with Crippen molar-refractivity contribution in [3.63, 3.8) is 0 Å². The van der Waals surface area contributed by atoms with Gasteiger partial charge < -0.3 is 9.47 Å². The first-order chi connectivity index (χ1) is 10.9. The minimum atomic E-state index is -3.98. The number of nitro benzene ring substituents is 1. The molecule has 0 N–H and O–H groups in total. The molecule has 2 rings (SSSR count). The van der Waals surface area contributed by atoms with Gasteiger partial charge in [0.2, 0.25) is 10.0 Å². The summed E-state index contributed by atoms with van der Waals surface area (Å²) in [7, 11) is -2.62. The normalized spacial score (nSPS) is 18.3. The fourth-order valence-electron chi connectivity index (χ4n) is 2.54. The molecule has 0 aliphatic carbocycles. The molecule has 0 spiro atoms. The summed E-state index contributed by atoms with van der Waals surface area (Å²) in [6, 6.07) is 3.73. The molecule has 1 atom stereocenters. The first-order valence-electron chi connectivity index (χ1n) is 7.34. The van der Waals surface area contributed by atoms with Crippen LogP contribution in [0.5, 0.6) is 5.75 Å². The first kappa shape index (κ1) is 17.6. The zero-order valence-corrected chi connectivity index (χ0v) is 13.9. The maximum Gasteiger partial charge on any atom is 0.293 e.